The summed E-state index contributed by atoms with van der Waals surface area (Å²) in [6.07, 6.45) is 6.74. The standard InChI is InChI=1S/C32H32N6O2/c1-19-6-5-12-33-28(19)11-13-40-32-36-30-20(2)29(26-15-24(39)14-21-7-3-4-8-25(21)26)34-16-27(30)31(37-32)38-17-22-9-10-23(18-38)35-22/h3-8,12,14-16,22-23,35,39H,9-11,13,17-18H2,1-2H3. The molecule has 8 heteroatoms. The molecule has 0 aliphatic carbocycles. The van der Waals surface area contributed by atoms with E-state index in [9.17, 15) is 5.11 Å². The van der Waals surface area contributed by atoms with Gasteiger partial charge >= 0.3 is 6.01 Å². The lowest BCUT2D eigenvalue weighted by atomic mass is 9.97. The van der Waals surface area contributed by atoms with Gasteiger partial charge in [-0.05, 0) is 61.2 Å². The number of phenols is 1. The van der Waals surface area contributed by atoms with E-state index in [0.29, 0.717) is 31.1 Å². The molecule has 2 aliphatic rings. The summed E-state index contributed by atoms with van der Waals surface area (Å²) in [5.74, 6) is 1.08. The van der Waals surface area contributed by atoms with E-state index in [1.165, 1.54) is 12.8 Å². The fraction of sp³-hybridized carbons (Fsp3) is 0.312. The van der Waals surface area contributed by atoms with E-state index in [-0.39, 0.29) is 5.75 Å². The minimum atomic E-state index is 0.212. The van der Waals surface area contributed by atoms with Crippen LogP contribution in [0.25, 0.3) is 32.9 Å². The summed E-state index contributed by atoms with van der Waals surface area (Å²) in [7, 11) is 0. The van der Waals surface area contributed by atoms with Crippen LogP contribution in [0.4, 0.5) is 5.82 Å². The highest BCUT2D eigenvalue weighted by molar-refractivity contribution is 6.01. The molecular formula is C32H32N6O2. The Morgan fingerprint density at radius 1 is 0.975 bits per heavy atom. The Labute approximate surface area is 233 Å². The summed E-state index contributed by atoms with van der Waals surface area (Å²) < 4.78 is 6.20. The van der Waals surface area contributed by atoms with Crippen molar-refractivity contribution in [1.29, 1.82) is 0 Å². The van der Waals surface area contributed by atoms with E-state index in [0.717, 1.165) is 68.7 Å². The summed E-state index contributed by atoms with van der Waals surface area (Å²) in [6.45, 7) is 6.33. The lowest BCUT2D eigenvalue weighted by Crippen LogP contribution is -2.51. The van der Waals surface area contributed by atoms with Gasteiger partial charge in [-0.3, -0.25) is 9.97 Å². The number of phenolic OH excluding ortho intramolecular Hbond substituents is 1. The first-order valence-electron chi connectivity index (χ1n) is 14.0. The number of pyridine rings is 2. The second-order valence-corrected chi connectivity index (χ2v) is 10.9. The molecule has 5 aromatic rings. The predicted octanol–water partition coefficient (Wildman–Crippen LogP) is 5.12. The van der Waals surface area contributed by atoms with Gasteiger partial charge in [-0.25, -0.2) is 0 Å². The normalized spacial score (nSPS) is 18.5. The quantitative estimate of drug-likeness (QED) is 0.311. The number of nitrogens with zero attached hydrogens (tertiary/aromatic N) is 5. The number of nitrogens with one attached hydrogen (secondary N) is 1. The number of hydrogen-bond acceptors (Lipinski definition) is 8. The number of piperazine rings is 1. The Morgan fingerprint density at radius 2 is 1.80 bits per heavy atom. The molecule has 2 aromatic carbocycles. The largest absolute Gasteiger partial charge is 0.508 e. The maximum Gasteiger partial charge on any atom is 0.318 e. The fourth-order valence-electron chi connectivity index (χ4n) is 6.24. The number of ether oxygens (including phenoxy) is 1. The van der Waals surface area contributed by atoms with Gasteiger partial charge in [0.1, 0.15) is 11.6 Å². The minimum absolute atomic E-state index is 0.212. The van der Waals surface area contributed by atoms with Gasteiger partial charge in [0.2, 0.25) is 0 Å². The predicted molar refractivity (Wildman–Crippen MR) is 157 cm³/mol. The van der Waals surface area contributed by atoms with Gasteiger partial charge in [0.05, 0.1) is 23.2 Å². The van der Waals surface area contributed by atoms with Crippen LogP contribution in [0.15, 0.2) is 60.9 Å². The van der Waals surface area contributed by atoms with Crippen LogP contribution in [0.2, 0.25) is 0 Å². The molecule has 2 N–H and O–H groups in total. The van der Waals surface area contributed by atoms with E-state index in [4.69, 9.17) is 19.7 Å². The van der Waals surface area contributed by atoms with Crippen molar-refractivity contribution in [2.45, 2.75) is 45.2 Å². The Morgan fingerprint density at radius 3 is 2.62 bits per heavy atom. The third-order valence-electron chi connectivity index (χ3n) is 8.24. The molecule has 0 saturated carbocycles. The SMILES string of the molecule is Cc1cccnc1CCOc1nc(N2CC3CCC(C2)N3)c2cnc(-c3cc(O)cc4ccccc34)c(C)c2n1. The van der Waals surface area contributed by atoms with Crippen LogP contribution in [0.3, 0.4) is 0 Å². The number of aryl methyl sites for hydroxylation is 2. The molecule has 40 heavy (non-hydrogen) atoms. The lowest BCUT2D eigenvalue weighted by Gasteiger charge is -2.34. The Balaban J connectivity index is 1.32. The third kappa shape index (κ3) is 4.48. The number of aromatic nitrogens is 4. The molecule has 2 atom stereocenters. The van der Waals surface area contributed by atoms with E-state index in [2.05, 4.69) is 34.3 Å². The number of fused-ring (bicyclic) bond motifs is 4. The minimum Gasteiger partial charge on any atom is -0.508 e. The molecule has 0 radical (unpaired) electrons. The number of anilines is 1. The van der Waals surface area contributed by atoms with Crippen molar-refractivity contribution >= 4 is 27.5 Å². The van der Waals surface area contributed by atoms with Crippen LogP contribution < -0.4 is 15.0 Å². The van der Waals surface area contributed by atoms with Gasteiger partial charge in [0, 0.05) is 60.8 Å². The molecule has 2 bridgehead atoms. The van der Waals surface area contributed by atoms with E-state index in [1.807, 2.05) is 43.6 Å². The van der Waals surface area contributed by atoms with Crippen molar-refractivity contribution in [2.75, 3.05) is 24.6 Å². The molecule has 2 fully saturated rings. The first-order chi connectivity index (χ1) is 19.5. The van der Waals surface area contributed by atoms with Crippen molar-refractivity contribution in [3.63, 3.8) is 0 Å². The van der Waals surface area contributed by atoms with Crippen LogP contribution in [0.1, 0.15) is 29.7 Å². The highest BCUT2D eigenvalue weighted by Gasteiger charge is 2.34. The fourth-order valence-corrected chi connectivity index (χ4v) is 6.24. The van der Waals surface area contributed by atoms with Gasteiger partial charge in [-0.1, -0.05) is 30.3 Å². The Hall–Kier alpha value is -4.30. The van der Waals surface area contributed by atoms with Crippen LogP contribution in [-0.2, 0) is 6.42 Å². The summed E-state index contributed by atoms with van der Waals surface area (Å²) in [4.78, 5) is 21.7. The van der Waals surface area contributed by atoms with Crippen LogP contribution in [0.5, 0.6) is 11.8 Å². The Kier molecular flexibility index (Phi) is 6.20. The zero-order chi connectivity index (χ0) is 27.2. The maximum absolute atomic E-state index is 10.5. The molecule has 202 valence electrons. The van der Waals surface area contributed by atoms with Crippen molar-refractivity contribution in [1.82, 2.24) is 25.3 Å². The number of aromatic hydroxyl groups is 1. The topological polar surface area (TPSA) is 96.3 Å². The molecule has 8 nitrogen and oxygen atoms in total. The zero-order valence-electron chi connectivity index (χ0n) is 22.8. The molecule has 3 aromatic heterocycles. The van der Waals surface area contributed by atoms with Gasteiger partial charge in [-0.15, -0.1) is 0 Å². The summed E-state index contributed by atoms with van der Waals surface area (Å²) in [5, 5.41) is 17.1. The van der Waals surface area contributed by atoms with Gasteiger partial charge in [0.25, 0.3) is 0 Å². The maximum atomic E-state index is 10.5. The number of rotatable bonds is 6. The summed E-state index contributed by atoms with van der Waals surface area (Å²) >= 11 is 0. The molecule has 0 spiro atoms. The molecule has 2 unspecified atom stereocenters. The summed E-state index contributed by atoms with van der Waals surface area (Å²) in [5.41, 5.74) is 5.58. The molecular weight excluding hydrogens is 500 g/mol. The second kappa shape index (κ2) is 10.0. The van der Waals surface area contributed by atoms with Crippen molar-refractivity contribution in [3.8, 4) is 23.0 Å². The average Bonchev–Trinajstić information content (AvgIpc) is 3.30. The summed E-state index contributed by atoms with van der Waals surface area (Å²) in [6, 6.07) is 16.9. The molecule has 7 rings (SSSR count). The highest BCUT2D eigenvalue weighted by Crippen LogP contribution is 2.38. The van der Waals surface area contributed by atoms with Crippen LogP contribution in [0, 0.1) is 13.8 Å². The molecule has 0 amide bonds. The Bertz CT molecular complexity index is 1730. The molecule has 2 aliphatic heterocycles. The van der Waals surface area contributed by atoms with Crippen LogP contribution in [-0.4, -0.2) is 56.8 Å². The smallest absolute Gasteiger partial charge is 0.318 e. The average molecular weight is 533 g/mol. The van der Waals surface area contributed by atoms with E-state index in [1.54, 1.807) is 12.1 Å². The monoisotopic (exact) mass is 532 g/mol. The number of hydrogen-bond donors (Lipinski definition) is 2. The first-order valence-corrected chi connectivity index (χ1v) is 14.0. The van der Waals surface area contributed by atoms with Gasteiger partial charge < -0.3 is 20.1 Å². The van der Waals surface area contributed by atoms with Gasteiger partial charge in [0.15, 0.2) is 0 Å². The van der Waals surface area contributed by atoms with Gasteiger partial charge in [-0.2, -0.15) is 9.97 Å². The van der Waals surface area contributed by atoms with Crippen LogP contribution >= 0.6 is 0 Å². The highest BCUT2D eigenvalue weighted by atomic mass is 16.5. The van der Waals surface area contributed by atoms with E-state index < -0.39 is 0 Å². The second-order valence-electron chi connectivity index (χ2n) is 10.9. The first kappa shape index (κ1) is 24.7. The molecule has 5 heterocycles. The van der Waals surface area contributed by atoms with Crippen molar-refractivity contribution in [3.05, 3.63) is 77.7 Å². The third-order valence-corrected chi connectivity index (χ3v) is 8.24. The number of benzene rings is 2. The van der Waals surface area contributed by atoms with E-state index >= 15 is 0 Å². The lowest BCUT2D eigenvalue weighted by molar-refractivity contribution is 0.296. The molecule has 2 saturated heterocycles. The zero-order valence-corrected chi connectivity index (χ0v) is 22.8. The van der Waals surface area contributed by atoms with Crippen molar-refractivity contribution in [2.24, 2.45) is 0 Å². The van der Waals surface area contributed by atoms with Crippen molar-refractivity contribution < 1.29 is 9.84 Å².